The average molecular weight is 268 g/mol. The van der Waals surface area contributed by atoms with Crippen LogP contribution in [-0.2, 0) is 14.3 Å². The van der Waals surface area contributed by atoms with E-state index in [0.717, 1.165) is 19.3 Å². The van der Waals surface area contributed by atoms with Gasteiger partial charge in [-0.1, -0.05) is 26.2 Å². The summed E-state index contributed by atoms with van der Waals surface area (Å²) in [6, 6.07) is 0. The second-order valence-corrected chi connectivity index (χ2v) is 5.33. The summed E-state index contributed by atoms with van der Waals surface area (Å²) in [4.78, 5) is 23.6. The van der Waals surface area contributed by atoms with E-state index in [4.69, 9.17) is 0 Å². The molecule has 0 bridgehead atoms. The molecule has 0 heterocycles. The lowest BCUT2D eigenvalue weighted by Gasteiger charge is -2.30. The first-order valence-electron chi connectivity index (χ1n) is 6.89. The molecule has 4 heteroatoms. The highest BCUT2D eigenvalue weighted by molar-refractivity contribution is 6.03. The Morgan fingerprint density at radius 3 is 2.53 bits per heavy atom. The second kappa shape index (κ2) is 6.33. The summed E-state index contributed by atoms with van der Waals surface area (Å²) in [6.45, 7) is 5.60. The van der Waals surface area contributed by atoms with Crippen molar-refractivity contribution < 1.29 is 19.4 Å². The number of ketones is 1. The zero-order valence-electron chi connectivity index (χ0n) is 12.3. The summed E-state index contributed by atoms with van der Waals surface area (Å²) >= 11 is 0. The molecular weight excluding hydrogens is 244 g/mol. The van der Waals surface area contributed by atoms with Crippen LogP contribution in [-0.4, -0.2) is 29.6 Å². The minimum Gasteiger partial charge on any atom is -0.469 e. The van der Waals surface area contributed by atoms with Crippen molar-refractivity contribution >= 4 is 11.8 Å². The predicted molar refractivity (Wildman–Crippen MR) is 72.6 cm³/mol. The van der Waals surface area contributed by atoms with Gasteiger partial charge in [-0.3, -0.25) is 9.59 Å². The molecule has 4 nitrogen and oxygen atoms in total. The van der Waals surface area contributed by atoms with Crippen LogP contribution in [0.3, 0.4) is 0 Å². The third kappa shape index (κ3) is 3.06. The maximum Gasteiger partial charge on any atom is 0.306 e. The quantitative estimate of drug-likeness (QED) is 0.593. The predicted octanol–water partition coefficient (Wildman–Crippen LogP) is 2.40. The highest BCUT2D eigenvalue weighted by Gasteiger charge is 2.49. The molecule has 0 aromatic rings. The van der Waals surface area contributed by atoms with Gasteiger partial charge < -0.3 is 9.84 Å². The molecule has 2 unspecified atom stereocenters. The van der Waals surface area contributed by atoms with E-state index in [2.05, 4.69) is 11.7 Å². The zero-order chi connectivity index (χ0) is 14.6. The SMILES string of the molecule is CCCCCC1(O)C(C)=C(C)C(=O)C1CC(=O)OC. The number of rotatable bonds is 6. The fourth-order valence-corrected chi connectivity index (χ4v) is 2.77. The number of hydrogen-bond donors (Lipinski definition) is 1. The number of ether oxygens (including phenoxy) is 1. The number of esters is 1. The molecule has 1 aliphatic carbocycles. The van der Waals surface area contributed by atoms with Crippen molar-refractivity contribution in [2.75, 3.05) is 7.11 Å². The zero-order valence-corrected chi connectivity index (χ0v) is 12.3. The standard InChI is InChI=1S/C15H24O4/c1-5-6-7-8-15(18)11(3)10(2)14(17)12(15)9-13(16)19-4/h12,18H,5-9H2,1-4H3. The molecule has 0 aromatic heterocycles. The van der Waals surface area contributed by atoms with Crippen LogP contribution in [0.15, 0.2) is 11.1 Å². The van der Waals surface area contributed by atoms with Gasteiger partial charge in [0.05, 0.1) is 25.0 Å². The largest absolute Gasteiger partial charge is 0.469 e. The molecule has 1 aliphatic rings. The first-order valence-corrected chi connectivity index (χ1v) is 6.89. The van der Waals surface area contributed by atoms with Crippen molar-refractivity contribution in [1.29, 1.82) is 0 Å². The van der Waals surface area contributed by atoms with Gasteiger partial charge in [0, 0.05) is 0 Å². The second-order valence-electron chi connectivity index (χ2n) is 5.33. The molecule has 0 radical (unpaired) electrons. The van der Waals surface area contributed by atoms with Gasteiger partial charge in [-0.2, -0.15) is 0 Å². The molecule has 2 atom stereocenters. The van der Waals surface area contributed by atoms with E-state index < -0.39 is 17.5 Å². The monoisotopic (exact) mass is 268 g/mol. The number of allylic oxidation sites excluding steroid dienone is 1. The van der Waals surface area contributed by atoms with Crippen LogP contribution in [0.25, 0.3) is 0 Å². The maximum atomic E-state index is 12.2. The van der Waals surface area contributed by atoms with Crippen molar-refractivity contribution in [3.63, 3.8) is 0 Å². The Morgan fingerprint density at radius 1 is 1.37 bits per heavy atom. The van der Waals surface area contributed by atoms with Crippen LogP contribution in [0.5, 0.6) is 0 Å². The van der Waals surface area contributed by atoms with E-state index >= 15 is 0 Å². The first kappa shape index (κ1) is 15.9. The number of methoxy groups -OCH3 is 1. The Bertz CT molecular complexity index is 397. The van der Waals surface area contributed by atoms with Crippen LogP contribution < -0.4 is 0 Å². The Hall–Kier alpha value is -1.16. The van der Waals surface area contributed by atoms with Gasteiger partial charge in [0.25, 0.3) is 0 Å². The van der Waals surface area contributed by atoms with Gasteiger partial charge in [-0.05, 0) is 31.4 Å². The molecule has 0 saturated heterocycles. The van der Waals surface area contributed by atoms with Gasteiger partial charge in [0.1, 0.15) is 0 Å². The molecule has 1 N–H and O–H groups in total. The summed E-state index contributed by atoms with van der Waals surface area (Å²) in [6.07, 6.45) is 3.38. The van der Waals surface area contributed by atoms with Gasteiger partial charge in [0.2, 0.25) is 0 Å². The fraction of sp³-hybridized carbons (Fsp3) is 0.733. The molecule has 1 rings (SSSR count). The number of carbonyl (C=O) groups is 2. The van der Waals surface area contributed by atoms with Crippen LogP contribution in [0.1, 0.15) is 52.9 Å². The molecule has 0 aromatic carbocycles. The van der Waals surface area contributed by atoms with Crippen molar-refractivity contribution in [2.45, 2.75) is 58.5 Å². The lowest BCUT2D eigenvalue weighted by molar-refractivity contribution is -0.146. The van der Waals surface area contributed by atoms with Crippen LogP contribution in [0.4, 0.5) is 0 Å². The van der Waals surface area contributed by atoms with E-state index in [1.54, 1.807) is 13.8 Å². The number of unbranched alkanes of at least 4 members (excludes halogenated alkanes) is 2. The van der Waals surface area contributed by atoms with E-state index in [9.17, 15) is 14.7 Å². The summed E-state index contributed by atoms with van der Waals surface area (Å²) in [5.41, 5.74) is 0.125. The van der Waals surface area contributed by atoms with Crippen LogP contribution >= 0.6 is 0 Å². The molecule has 108 valence electrons. The van der Waals surface area contributed by atoms with Crippen LogP contribution in [0.2, 0.25) is 0 Å². The Kier molecular flexibility index (Phi) is 5.29. The number of Topliss-reactive ketones (excluding diaryl/α,β-unsaturated/α-hetero) is 1. The number of carbonyl (C=O) groups excluding carboxylic acids is 2. The molecule has 19 heavy (non-hydrogen) atoms. The van der Waals surface area contributed by atoms with Crippen molar-refractivity contribution in [1.82, 2.24) is 0 Å². The van der Waals surface area contributed by atoms with E-state index in [1.807, 2.05) is 0 Å². The minimum absolute atomic E-state index is 0.0490. The lowest BCUT2D eigenvalue weighted by atomic mass is 9.80. The smallest absolute Gasteiger partial charge is 0.306 e. The third-order valence-electron chi connectivity index (χ3n) is 4.23. The van der Waals surface area contributed by atoms with Crippen LogP contribution in [0, 0.1) is 5.92 Å². The highest BCUT2D eigenvalue weighted by Crippen LogP contribution is 2.43. The molecule has 0 spiro atoms. The molecule has 0 fully saturated rings. The molecule has 0 amide bonds. The Labute approximate surface area is 114 Å². The van der Waals surface area contributed by atoms with E-state index in [0.29, 0.717) is 17.6 Å². The fourth-order valence-electron chi connectivity index (χ4n) is 2.77. The number of hydrogen-bond acceptors (Lipinski definition) is 4. The maximum absolute atomic E-state index is 12.2. The summed E-state index contributed by atoms with van der Waals surface area (Å²) < 4.78 is 4.63. The first-order chi connectivity index (χ1) is 8.88. The van der Waals surface area contributed by atoms with Gasteiger partial charge in [-0.15, -0.1) is 0 Å². The van der Waals surface area contributed by atoms with Crippen molar-refractivity contribution in [3.05, 3.63) is 11.1 Å². The van der Waals surface area contributed by atoms with E-state index in [-0.39, 0.29) is 12.2 Å². The average Bonchev–Trinajstić information content (AvgIpc) is 2.55. The van der Waals surface area contributed by atoms with Gasteiger partial charge in [0.15, 0.2) is 5.78 Å². The third-order valence-corrected chi connectivity index (χ3v) is 4.23. The van der Waals surface area contributed by atoms with Crippen molar-refractivity contribution in [3.8, 4) is 0 Å². The molecular formula is C15H24O4. The topological polar surface area (TPSA) is 63.6 Å². The Morgan fingerprint density at radius 2 is 2.00 bits per heavy atom. The summed E-state index contributed by atoms with van der Waals surface area (Å²) in [7, 11) is 1.30. The van der Waals surface area contributed by atoms with E-state index in [1.165, 1.54) is 7.11 Å². The minimum atomic E-state index is -1.18. The highest BCUT2D eigenvalue weighted by atomic mass is 16.5. The summed E-state index contributed by atoms with van der Waals surface area (Å²) in [5.74, 6) is -1.26. The molecule has 0 aliphatic heterocycles. The van der Waals surface area contributed by atoms with Crippen molar-refractivity contribution in [2.24, 2.45) is 5.92 Å². The lowest BCUT2D eigenvalue weighted by Crippen LogP contribution is -2.39. The Balaban J connectivity index is 2.93. The number of aliphatic hydroxyl groups is 1. The van der Waals surface area contributed by atoms with Gasteiger partial charge >= 0.3 is 5.97 Å². The van der Waals surface area contributed by atoms with Gasteiger partial charge in [-0.25, -0.2) is 0 Å². The summed E-state index contributed by atoms with van der Waals surface area (Å²) in [5, 5.41) is 10.8. The molecule has 0 saturated carbocycles. The normalized spacial score (nSPS) is 27.0.